The number of nitrogens with zero attached hydrogens (tertiary/aromatic N) is 1. The van der Waals surface area contributed by atoms with Gasteiger partial charge in [0.15, 0.2) is 0 Å². The van der Waals surface area contributed by atoms with Crippen molar-refractivity contribution in [2.24, 2.45) is 0 Å². The number of nitro benzene ring substituents is 1. The van der Waals surface area contributed by atoms with Crippen LogP contribution in [0.4, 0.5) is 5.69 Å². The third kappa shape index (κ3) is 1.26. The van der Waals surface area contributed by atoms with Crippen LogP contribution in [0.15, 0.2) is 23.1 Å². The van der Waals surface area contributed by atoms with Crippen molar-refractivity contribution >= 4 is 21.6 Å². The van der Waals surface area contributed by atoms with Crippen molar-refractivity contribution in [2.45, 2.75) is 4.90 Å². The molecule has 1 N–H and O–H groups in total. The fraction of sp³-hybridized carbons (Fsp3) is 0. The number of hydrogen-bond acceptors (Lipinski definition) is 5. The Morgan fingerprint density at radius 3 is 2.60 bits per heavy atom. The first-order valence-corrected chi connectivity index (χ1v) is 5.26. The van der Waals surface area contributed by atoms with Crippen LogP contribution in [-0.2, 0) is 10.0 Å². The van der Waals surface area contributed by atoms with E-state index in [1.165, 1.54) is 6.07 Å². The van der Waals surface area contributed by atoms with E-state index in [1.54, 1.807) is 4.72 Å². The Kier molecular flexibility index (Phi) is 1.77. The second kappa shape index (κ2) is 2.76. The van der Waals surface area contributed by atoms with Crippen LogP contribution in [0.25, 0.3) is 0 Å². The second-order valence-electron chi connectivity index (χ2n) is 2.84. The van der Waals surface area contributed by atoms with Gasteiger partial charge in [-0.15, -0.1) is 0 Å². The first-order chi connectivity index (χ1) is 6.93. The van der Waals surface area contributed by atoms with E-state index >= 15 is 0 Å². The van der Waals surface area contributed by atoms with Gasteiger partial charge in [-0.25, -0.2) is 13.1 Å². The summed E-state index contributed by atoms with van der Waals surface area (Å²) < 4.78 is 24.3. The van der Waals surface area contributed by atoms with Gasteiger partial charge in [-0.3, -0.25) is 14.9 Å². The van der Waals surface area contributed by atoms with Crippen molar-refractivity contribution < 1.29 is 18.1 Å². The molecule has 15 heavy (non-hydrogen) atoms. The molecular formula is C7H4N2O5S. The van der Waals surface area contributed by atoms with E-state index in [0.717, 1.165) is 12.1 Å². The molecule has 0 aliphatic carbocycles. The highest BCUT2D eigenvalue weighted by Crippen LogP contribution is 2.29. The van der Waals surface area contributed by atoms with Gasteiger partial charge in [-0.1, -0.05) is 6.07 Å². The van der Waals surface area contributed by atoms with Gasteiger partial charge < -0.3 is 0 Å². The predicted octanol–water partition coefficient (Wildman–Crippen LogP) is 0.0269. The zero-order valence-corrected chi connectivity index (χ0v) is 7.95. The smallest absolute Gasteiger partial charge is 0.268 e. The number of benzene rings is 1. The van der Waals surface area contributed by atoms with Crippen LogP contribution < -0.4 is 4.72 Å². The summed E-state index contributed by atoms with van der Waals surface area (Å²) in [6.45, 7) is 0. The number of rotatable bonds is 1. The van der Waals surface area contributed by atoms with E-state index < -0.39 is 32.1 Å². The maximum Gasteiger partial charge on any atom is 0.283 e. The number of carbonyl (C=O) groups is 1. The molecule has 1 amide bonds. The van der Waals surface area contributed by atoms with Crippen molar-refractivity contribution in [1.82, 2.24) is 4.72 Å². The Balaban J connectivity index is 2.85. The van der Waals surface area contributed by atoms with E-state index in [1.807, 2.05) is 0 Å². The highest BCUT2D eigenvalue weighted by molar-refractivity contribution is 7.90. The summed E-state index contributed by atoms with van der Waals surface area (Å²) in [5, 5.41) is 10.5. The lowest BCUT2D eigenvalue weighted by Crippen LogP contribution is -2.21. The SMILES string of the molecule is O=C1NS(=O)(=O)c2cccc([N+](=O)[O-])c21. The second-order valence-corrected chi connectivity index (χ2v) is 4.49. The van der Waals surface area contributed by atoms with Gasteiger partial charge in [0.2, 0.25) is 0 Å². The number of hydrogen-bond donors (Lipinski definition) is 1. The van der Waals surface area contributed by atoms with E-state index in [9.17, 15) is 23.3 Å². The Labute approximate surface area is 83.9 Å². The topological polar surface area (TPSA) is 106 Å². The summed E-state index contributed by atoms with van der Waals surface area (Å²) in [7, 11) is -3.91. The van der Waals surface area contributed by atoms with Crippen molar-refractivity contribution in [3.63, 3.8) is 0 Å². The summed E-state index contributed by atoms with van der Waals surface area (Å²) in [6, 6.07) is 3.45. The van der Waals surface area contributed by atoms with Gasteiger partial charge >= 0.3 is 0 Å². The van der Waals surface area contributed by atoms with Crippen LogP contribution in [-0.4, -0.2) is 19.2 Å². The number of fused-ring (bicyclic) bond motifs is 1. The largest absolute Gasteiger partial charge is 0.283 e. The van der Waals surface area contributed by atoms with Crippen LogP contribution in [0.3, 0.4) is 0 Å². The Bertz CT molecular complexity index is 577. The molecule has 2 rings (SSSR count). The van der Waals surface area contributed by atoms with Crippen LogP contribution in [0.1, 0.15) is 10.4 Å². The maximum atomic E-state index is 11.3. The van der Waals surface area contributed by atoms with Gasteiger partial charge in [0.05, 0.1) is 4.92 Å². The standard InChI is InChI=1S/C7H4N2O5S/c10-7-6-4(9(11)12)2-1-3-5(6)15(13,14)8-7/h1-3H,(H,8,10). The van der Waals surface area contributed by atoms with Gasteiger partial charge in [0, 0.05) is 6.07 Å². The summed E-state index contributed by atoms with van der Waals surface area (Å²) >= 11 is 0. The van der Waals surface area contributed by atoms with Gasteiger partial charge in [-0.2, -0.15) is 0 Å². The Morgan fingerprint density at radius 2 is 2.00 bits per heavy atom. The quantitative estimate of drug-likeness (QED) is 0.539. The van der Waals surface area contributed by atoms with Crippen molar-refractivity contribution in [1.29, 1.82) is 0 Å². The molecule has 0 saturated heterocycles. The lowest BCUT2D eigenvalue weighted by atomic mass is 10.2. The highest BCUT2D eigenvalue weighted by atomic mass is 32.2. The minimum absolute atomic E-state index is 0.346. The molecule has 0 aromatic heterocycles. The molecule has 0 unspecified atom stereocenters. The minimum atomic E-state index is -3.91. The summed E-state index contributed by atoms with van der Waals surface area (Å²) in [6.07, 6.45) is 0. The summed E-state index contributed by atoms with van der Waals surface area (Å²) in [4.78, 5) is 20.6. The zero-order valence-electron chi connectivity index (χ0n) is 7.13. The van der Waals surface area contributed by atoms with E-state index in [4.69, 9.17) is 0 Å². The van der Waals surface area contributed by atoms with Crippen molar-refractivity contribution in [2.75, 3.05) is 0 Å². The number of nitro groups is 1. The first kappa shape index (κ1) is 9.59. The Hall–Kier alpha value is -1.96. The average molecular weight is 228 g/mol. The van der Waals surface area contributed by atoms with E-state index in [2.05, 4.69) is 0 Å². The molecule has 0 atom stereocenters. The zero-order chi connectivity index (χ0) is 11.2. The molecule has 0 bridgehead atoms. The van der Waals surface area contributed by atoms with Crippen LogP contribution in [0.5, 0.6) is 0 Å². The van der Waals surface area contributed by atoms with E-state index in [0.29, 0.717) is 0 Å². The Morgan fingerprint density at radius 1 is 1.33 bits per heavy atom. The fourth-order valence-corrected chi connectivity index (χ4v) is 2.53. The lowest BCUT2D eigenvalue weighted by Gasteiger charge is -1.95. The molecule has 1 aliphatic heterocycles. The number of nitrogens with one attached hydrogen (secondary N) is 1. The van der Waals surface area contributed by atoms with Gasteiger partial charge in [0.25, 0.3) is 21.6 Å². The van der Waals surface area contributed by atoms with Crippen LogP contribution in [0, 0.1) is 10.1 Å². The molecule has 0 fully saturated rings. The molecule has 0 radical (unpaired) electrons. The molecular weight excluding hydrogens is 224 g/mol. The minimum Gasteiger partial charge on any atom is -0.268 e. The molecule has 1 aromatic carbocycles. The normalized spacial score (nSPS) is 16.9. The van der Waals surface area contributed by atoms with Crippen LogP contribution >= 0.6 is 0 Å². The summed E-state index contributed by atoms with van der Waals surface area (Å²) in [5.41, 5.74) is -0.909. The third-order valence-corrected chi connectivity index (χ3v) is 3.32. The van der Waals surface area contributed by atoms with E-state index in [-0.39, 0.29) is 4.90 Å². The number of amides is 1. The number of carbonyl (C=O) groups excluding carboxylic acids is 1. The third-order valence-electron chi connectivity index (χ3n) is 1.94. The molecule has 8 heteroatoms. The molecule has 0 saturated carbocycles. The van der Waals surface area contributed by atoms with Crippen molar-refractivity contribution in [3.05, 3.63) is 33.9 Å². The predicted molar refractivity (Wildman–Crippen MR) is 47.7 cm³/mol. The summed E-state index contributed by atoms with van der Waals surface area (Å²) in [5.74, 6) is -0.961. The molecule has 78 valence electrons. The van der Waals surface area contributed by atoms with Gasteiger partial charge in [0.1, 0.15) is 10.5 Å². The highest BCUT2D eigenvalue weighted by Gasteiger charge is 2.38. The number of sulfonamides is 1. The molecule has 1 aliphatic rings. The molecule has 7 nitrogen and oxygen atoms in total. The average Bonchev–Trinajstić information content (AvgIpc) is 2.37. The molecule has 1 heterocycles. The van der Waals surface area contributed by atoms with Crippen molar-refractivity contribution in [3.8, 4) is 0 Å². The van der Waals surface area contributed by atoms with Gasteiger partial charge in [-0.05, 0) is 6.07 Å². The molecule has 0 spiro atoms. The monoisotopic (exact) mass is 228 g/mol. The lowest BCUT2D eigenvalue weighted by molar-refractivity contribution is -0.385. The fourth-order valence-electron chi connectivity index (χ4n) is 1.35. The molecule has 1 aromatic rings. The maximum absolute atomic E-state index is 11.3. The van der Waals surface area contributed by atoms with Crippen LogP contribution in [0.2, 0.25) is 0 Å². The first-order valence-electron chi connectivity index (χ1n) is 3.78.